The van der Waals surface area contributed by atoms with Gasteiger partial charge in [0.15, 0.2) is 5.67 Å². The summed E-state index contributed by atoms with van der Waals surface area (Å²) in [4.78, 5) is 28.3. The van der Waals surface area contributed by atoms with Crippen molar-refractivity contribution in [3.8, 4) is 0 Å². The molecule has 0 atom stereocenters. The maximum absolute atomic E-state index is 15.2. The molecule has 1 N–H and O–H groups in total. The lowest BCUT2D eigenvalue weighted by Crippen LogP contribution is -2.45. The number of likely N-dealkylation sites (tertiary alicyclic amines) is 1. The van der Waals surface area contributed by atoms with Crippen LogP contribution in [0.5, 0.6) is 0 Å². The molecule has 0 radical (unpaired) electrons. The number of pyridine rings is 1. The summed E-state index contributed by atoms with van der Waals surface area (Å²) in [6, 6.07) is 1.19. The Labute approximate surface area is 144 Å². The Morgan fingerprint density at radius 1 is 1.38 bits per heavy atom. The van der Waals surface area contributed by atoms with Gasteiger partial charge in [-0.1, -0.05) is 11.6 Å². The van der Waals surface area contributed by atoms with E-state index in [0.717, 1.165) is 6.20 Å². The van der Waals surface area contributed by atoms with Crippen LogP contribution in [-0.4, -0.2) is 45.7 Å². The molecule has 1 aliphatic rings. The number of piperidine rings is 1. The van der Waals surface area contributed by atoms with Gasteiger partial charge in [0.1, 0.15) is 5.60 Å². The van der Waals surface area contributed by atoms with E-state index >= 15 is 4.39 Å². The van der Waals surface area contributed by atoms with Crippen LogP contribution in [0.4, 0.5) is 9.18 Å². The molecule has 8 heteroatoms. The number of alkyl halides is 1. The molecule has 2 rings (SSSR count). The van der Waals surface area contributed by atoms with Gasteiger partial charge in [0, 0.05) is 32.1 Å². The highest BCUT2D eigenvalue weighted by molar-refractivity contribution is 6.31. The standard InChI is InChI=1S/C16H20ClFN2O4/c1-15(2,3)24-14(23)20-6-4-16(18,5-7-20)12-11(17)8-10(9-19-12)13(21)22/h8-9H,4-7H2,1-3H3,(H,21,22). The van der Waals surface area contributed by atoms with Gasteiger partial charge in [-0.15, -0.1) is 0 Å². The second kappa shape index (κ2) is 6.55. The molecule has 1 aliphatic heterocycles. The SMILES string of the molecule is CC(C)(C)OC(=O)N1CCC(F)(c2ncc(C(=O)O)cc2Cl)CC1. The van der Waals surface area contributed by atoms with Crippen molar-refractivity contribution in [1.82, 2.24) is 9.88 Å². The van der Waals surface area contributed by atoms with Gasteiger partial charge in [0.25, 0.3) is 0 Å². The summed E-state index contributed by atoms with van der Waals surface area (Å²) >= 11 is 6.01. The first-order chi connectivity index (χ1) is 11.0. The molecule has 2 heterocycles. The summed E-state index contributed by atoms with van der Waals surface area (Å²) in [5, 5.41) is 8.89. The lowest BCUT2D eigenvalue weighted by molar-refractivity contribution is 0.00124. The maximum Gasteiger partial charge on any atom is 0.410 e. The van der Waals surface area contributed by atoms with Crippen molar-refractivity contribution in [3.05, 3.63) is 28.5 Å². The lowest BCUT2D eigenvalue weighted by atomic mass is 9.89. The molecule has 0 unspecified atom stereocenters. The van der Waals surface area contributed by atoms with Crippen molar-refractivity contribution in [1.29, 1.82) is 0 Å². The molecule has 1 fully saturated rings. The number of hydrogen-bond donors (Lipinski definition) is 1. The first kappa shape index (κ1) is 18.4. The van der Waals surface area contributed by atoms with Crippen LogP contribution in [-0.2, 0) is 10.4 Å². The topological polar surface area (TPSA) is 79.7 Å². The van der Waals surface area contributed by atoms with Crippen LogP contribution < -0.4 is 0 Å². The average Bonchev–Trinajstić information content (AvgIpc) is 2.45. The second-order valence-corrected chi connectivity index (χ2v) is 7.20. The number of aromatic carboxylic acids is 1. The van der Waals surface area contributed by atoms with E-state index in [-0.39, 0.29) is 42.2 Å². The zero-order valence-electron chi connectivity index (χ0n) is 13.8. The first-order valence-corrected chi connectivity index (χ1v) is 7.96. The van der Waals surface area contributed by atoms with Crippen LogP contribution in [0.3, 0.4) is 0 Å². The number of halogens is 2. The van der Waals surface area contributed by atoms with Crippen molar-refractivity contribution >= 4 is 23.7 Å². The number of aromatic nitrogens is 1. The van der Waals surface area contributed by atoms with Gasteiger partial charge in [-0.3, -0.25) is 4.98 Å². The lowest BCUT2D eigenvalue weighted by Gasteiger charge is -2.37. The molecule has 0 bridgehead atoms. The van der Waals surface area contributed by atoms with Gasteiger partial charge < -0.3 is 14.7 Å². The average molecular weight is 359 g/mol. The van der Waals surface area contributed by atoms with E-state index < -0.39 is 23.3 Å². The van der Waals surface area contributed by atoms with Gasteiger partial charge >= 0.3 is 12.1 Å². The Bertz CT molecular complexity index is 652. The molecule has 0 saturated carbocycles. The molecule has 0 aromatic carbocycles. The van der Waals surface area contributed by atoms with Gasteiger partial charge in [-0.2, -0.15) is 0 Å². The minimum atomic E-state index is -1.80. The van der Waals surface area contributed by atoms with E-state index in [1.54, 1.807) is 20.8 Å². The normalized spacial score (nSPS) is 17.5. The molecule has 1 aromatic rings. The quantitative estimate of drug-likeness (QED) is 0.873. The summed E-state index contributed by atoms with van der Waals surface area (Å²) in [6.07, 6.45) is 0.645. The molecule has 0 spiro atoms. The Hall–Kier alpha value is -1.89. The number of carbonyl (C=O) groups excluding carboxylic acids is 1. The van der Waals surface area contributed by atoms with Crippen LogP contribution in [0.1, 0.15) is 49.7 Å². The molecule has 6 nitrogen and oxygen atoms in total. The van der Waals surface area contributed by atoms with Crippen LogP contribution in [0, 0.1) is 0 Å². The number of amides is 1. The van der Waals surface area contributed by atoms with Crippen molar-refractivity contribution in [2.75, 3.05) is 13.1 Å². The number of nitrogens with zero attached hydrogens (tertiary/aromatic N) is 2. The van der Waals surface area contributed by atoms with E-state index in [1.165, 1.54) is 11.0 Å². The van der Waals surface area contributed by atoms with E-state index in [0.29, 0.717) is 0 Å². The number of rotatable bonds is 2. The van der Waals surface area contributed by atoms with E-state index in [9.17, 15) is 9.59 Å². The zero-order valence-corrected chi connectivity index (χ0v) is 14.6. The molecule has 132 valence electrons. The van der Waals surface area contributed by atoms with Gasteiger partial charge in [0.05, 0.1) is 16.3 Å². The fraction of sp³-hybridized carbons (Fsp3) is 0.562. The summed E-state index contributed by atoms with van der Waals surface area (Å²) in [7, 11) is 0. The second-order valence-electron chi connectivity index (χ2n) is 6.79. The molecular formula is C16H20ClFN2O4. The fourth-order valence-corrected chi connectivity index (χ4v) is 2.83. The predicted molar refractivity (Wildman–Crippen MR) is 86.0 cm³/mol. The number of ether oxygens (including phenoxy) is 1. The highest BCUT2D eigenvalue weighted by atomic mass is 35.5. The Morgan fingerprint density at radius 3 is 2.42 bits per heavy atom. The van der Waals surface area contributed by atoms with E-state index in [4.69, 9.17) is 21.4 Å². The Morgan fingerprint density at radius 2 is 1.96 bits per heavy atom. The number of hydrogen-bond acceptors (Lipinski definition) is 4. The van der Waals surface area contributed by atoms with Crippen molar-refractivity contribution < 1.29 is 23.8 Å². The molecule has 1 aromatic heterocycles. The highest BCUT2D eigenvalue weighted by Gasteiger charge is 2.41. The molecule has 0 aliphatic carbocycles. The molecule has 24 heavy (non-hydrogen) atoms. The summed E-state index contributed by atoms with van der Waals surface area (Å²) in [5.74, 6) is -1.18. The third-order valence-corrected chi connectivity index (χ3v) is 4.01. The molecule has 1 amide bonds. The summed E-state index contributed by atoms with van der Waals surface area (Å²) in [6.45, 7) is 5.64. The van der Waals surface area contributed by atoms with Crippen molar-refractivity contribution in [3.63, 3.8) is 0 Å². The number of carbonyl (C=O) groups is 2. The maximum atomic E-state index is 15.2. The largest absolute Gasteiger partial charge is 0.478 e. The van der Waals surface area contributed by atoms with Gasteiger partial charge in [-0.05, 0) is 26.8 Å². The van der Waals surface area contributed by atoms with Crippen LogP contribution in [0.15, 0.2) is 12.3 Å². The van der Waals surface area contributed by atoms with Gasteiger partial charge in [-0.25, -0.2) is 14.0 Å². The van der Waals surface area contributed by atoms with Crippen LogP contribution in [0.25, 0.3) is 0 Å². The third-order valence-electron chi connectivity index (χ3n) is 3.72. The first-order valence-electron chi connectivity index (χ1n) is 7.58. The number of carboxylic acid groups (broad SMARTS) is 1. The summed E-state index contributed by atoms with van der Waals surface area (Å²) < 4.78 is 20.5. The van der Waals surface area contributed by atoms with Crippen molar-refractivity contribution in [2.24, 2.45) is 0 Å². The van der Waals surface area contributed by atoms with E-state index in [2.05, 4.69) is 4.98 Å². The number of carboxylic acids is 1. The van der Waals surface area contributed by atoms with Gasteiger partial charge in [0.2, 0.25) is 0 Å². The van der Waals surface area contributed by atoms with E-state index in [1.807, 2.05) is 0 Å². The predicted octanol–water partition coefficient (Wildman–Crippen LogP) is 3.63. The fourth-order valence-electron chi connectivity index (χ4n) is 2.49. The molecule has 1 saturated heterocycles. The Balaban J connectivity index is 2.10. The minimum absolute atomic E-state index is 0.0120. The van der Waals surface area contributed by atoms with Crippen molar-refractivity contribution in [2.45, 2.75) is 44.9 Å². The Kier molecular flexibility index (Phi) is 5.03. The summed E-state index contributed by atoms with van der Waals surface area (Å²) in [5.41, 5.74) is -2.50. The van der Waals surface area contributed by atoms with Crippen LogP contribution in [0.2, 0.25) is 5.02 Å². The molecular weight excluding hydrogens is 339 g/mol. The minimum Gasteiger partial charge on any atom is -0.478 e. The van der Waals surface area contributed by atoms with Crippen LogP contribution >= 0.6 is 11.6 Å². The third kappa shape index (κ3) is 4.14. The zero-order chi connectivity index (χ0) is 18.1. The monoisotopic (exact) mass is 358 g/mol. The highest BCUT2D eigenvalue weighted by Crippen LogP contribution is 2.39. The smallest absolute Gasteiger partial charge is 0.410 e.